The molecule has 0 bridgehead atoms. The number of rotatable bonds is 8. The number of aryl methyl sites for hydroxylation is 2. The first-order chi connectivity index (χ1) is 18.2. The van der Waals surface area contributed by atoms with Crippen LogP contribution in [0.2, 0.25) is 0 Å². The Kier molecular flexibility index (Phi) is 8.43. The van der Waals surface area contributed by atoms with Crippen molar-refractivity contribution in [3.63, 3.8) is 0 Å². The van der Waals surface area contributed by atoms with E-state index in [2.05, 4.69) is 10.5 Å². The van der Waals surface area contributed by atoms with Crippen molar-refractivity contribution in [1.29, 1.82) is 0 Å². The van der Waals surface area contributed by atoms with Gasteiger partial charge < -0.3 is 14.6 Å². The van der Waals surface area contributed by atoms with Crippen LogP contribution >= 0.6 is 0 Å². The number of piperidine rings is 1. The molecule has 9 nitrogen and oxygen atoms in total. The standard InChI is InChI=1S/C28H31N3O6S/c1-4-36-28(33)23-10-12-24(13-11-23)29-27(32)22-15-17-31(18-16-22)38(34,35)26-20(3)30-37-25(26)14-9-21-7-5-19(2)6-8-21/h5-14,22H,4,15-18H2,1-3H3,(H,29,32)/b14-9+. The number of sulfonamides is 1. The number of benzene rings is 2. The number of ether oxygens (including phenoxy) is 1. The van der Waals surface area contributed by atoms with Crippen molar-refractivity contribution < 1.29 is 27.3 Å². The molecule has 4 rings (SSSR count). The molecule has 0 unspecified atom stereocenters. The van der Waals surface area contributed by atoms with Crippen LogP contribution in [0.3, 0.4) is 0 Å². The highest BCUT2D eigenvalue weighted by Crippen LogP contribution is 2.29. The number of hydrogen-bond acceptors (Lipinski definition) is 7. The average Bonchev–Trinajstić information content (AvgIpc) is 3.30. The van der Waals surface area contributed by atoms with E-state index in [1.807, 2.05) is 31.2 Å². The lowest BCUT2D eigenvalue weighted by molar-refractivity contribution is -0.120. The van der Waals surface area contributed by atoms with Gasteiger partial charge in [-0.1, -0.05) is 41.1 Å². The molecule has 3 aromatic rings. The van der Waals surface area contributed by atoms with Crippen LogP contribution in [0.1, 0.15) is 52.7 Å². The lowest BCUT2D eigenvalue weighted by atomic mass is 9.97. The van der Waals surface area contributed by atoms with Gasteiger partial charge in [0.2, 0.25) is 15.9 Å². The average molecular weight is 538 g/mol. The maximum Gasteiger partial charge on any atom is 0.338 e. The van der Waals surface area contributed by atoms with E-state index in [1.54, 1.807) is 50.3 Å². The monoisotopic (exact) mass is 537 g/mol. The van der Waals surface area contributed by atoms with Crippen molar-refractivity contribution >= 4 is 39.7 Å². The smallest absolute Gasteiger partial charge is 0.338 e. The van der Waals surface area contributed by atoms with Crippen LogP contribution in [0, 0.1) is 19.8 Å². The topological polar surface area (TPSA) is 119 Å². The molecule has 0 atom stereocenters. The second kappa shape index (κ2) is 11.7. The largest absolute Gasteiger partial charge is 0.462 e. The van der Waals surface area contributed by atoms with E-state index < -0.39 is 16.0 Å². The number of amides is 1. The van der Waals surface area contributed by atoms with Crippen molar-refractivity contribution in [1.82, 2.24) is 9.46 Å². The second-order valence-corrected chi connectivity index (χ2v) is 11.0. The molecule has 38 heavy (non-hydrogen) atoms. The Balaban J connectivity index is 1.39. The van der Waals surface area contributed by atoms with Crippen molar-refractivity contribution in [2.24, 2.45) is 5.92 Å². The summed E-state index contributed by atoms with van der Waals surface area (Å²) in [6.07, 6.45) is 4.16. The molecule has 200 valence electrons. The highest BCUT2D eigenvalue weighted by Gasteiger charge is 2.36. The van der Waals surface area contributed by atoms with Gasteiger partial charge in [0.1, 0.15) is 5.69 Å². The van der Waals surface area contributed by atoms with E-state index in [0.29, 0.717) is 29.8 Å². The van der Waals surface area contributed by atoms with Gasteiger partial charge in [0, 0.05) is 24.7 Å². The zero-order valence-corrected chi connectivity index (χ0v) is 22.5. The van der Waals surface area contributed by atoms with Gasteiger partial charge in [0.25, 0.3) is 0 Å². The van der Waals surface area contributed by atoms with Gasteiger partial charge in [-0.25, -0.2) is 13.2 Å². The van der Waals surface area contributed by atoms with Gasteiger partial charge in [-0.15, -0.1) is 0 Å². The lowest BCUT2D eigenvalue weighted by Crippen LogP contribution is -2.41. The Labute approximate surface area is 222 Å². The summed E-state index contributed by atoms with van der Waals surface area (Å²) in [5, 5.41) is 6.75. The molecule has 0 aliphatic carbocycles. The van der Waals surface area contributed by atoms with Crippen LogP contribution in [0.15, 0.2) is 57.9 Å². The normalized spacial score (nSPS) is 15.0. The van der Waals surface area contributed by atoms with Gasteiger partial charge >= 0.3 is 5.97 Å². The third-order valence-corrected chi connectivity index (χ3v) is 8.48. The summed E-state index contributed by atoms with van der Waals surface area (Å²) in [5.41, 5.74) is 3.30. The summed E-state index contributed by atoms with van der Waals surface area (Å²) in [6, 6.07) is 14.3. The number of nitrogens with one attached hydrogen (secondary N) is 1. The van der Waals surface area contributed by atoms with Crippen LogP contribution in [0.5, 0.6) is 0 Å². The predicted octanol–water partition coefficient (Wildman–Crippen LogP) is 4.68. The third kappa shape index (κ3) is 6.20. The second-order valence-electron chi connectivity index (χ2n) is 9.17. The molecule has 1 N–H and O–H groups in total. The maximum atomic E-state index is 13.5. The van der Waals surface area contributed by atoms with E-state index in [-0.39, 0.29) is 42.2 Å². The molecular formula is C28H31N3O6S. The Bertz CT molecular complexity index is 1420. The van der Waals surface area contributed by atoms with Crippen LogP contribution < -0.4 is 5.32 Å². The third-order valence-electron chi connectivity index (χ3n) is 6.42. The molecule has 1 saturated heterocycles. The van der Waals surface area contributed by atoms with Gasteiger partial charge in [0.05, 0.1) is 12.2 Å². The molecule has 1 aliphatic heterocycles. The number of nitrogens with zero attached hydrogens (tertiary/aromatic N) is 2. The quantitative estimate of drug-likeness (QED) is 0.415. The van der Waals surface area contributed by atoms with Crippen LogP contribution in [-0.4, -0.2) is 49.5 Å². The van der Waals surface area contributed by atoms with E-state index in [0.717, 1.165) is 11.1 Å². The zero-order valence-electron chi connectivity index (χ0n) is 21.6. The molecule has 2 heterocycles. The number of carbonyl (C=O) groups excluding carboxylic acids is 2. The van der Waals surface area contributed by atoms with Crippen LogP contribution in [-0.2, 0) is 19.6 Å². The summed E-state index contributed by atoms with van der Waals surface area (Å²) in [5.74, 6) is -0.769. The molecule has 0 saturated carbocycles. The maximum absolute atomic E-state index is 13.5. The highest BCUT2D eigenvalue weighted by molar-refractivity contribution is 7.89. The van der Waals surface area contributed by atoms with Crippen molar-refractivity contribution in [2.75, 3.05) is 25.0 Å². The number of hydrogen-bond donors (Lipinski definition) is 1. The molecule has 0 radical (unpaired) electrons. The van der Waals surface area contributed by atoms with Crippen LogP contribution in [0.25, 0.3) is 12.2 Å². The first kappa shape index (κ1) is 27.3. The van der Waals surface area contributed by atoms with E-state index in [1.165, 1.54) is 4.31 Å². The number of aromatic nitrogens is 1. The predicted molar refractivity (Wildman–Crippen MR) is 144 cm³/mol. The van der Waals surface area contributed by atoms with Crippen molar-refractivity contribution in [3.05, 3.63) is 76.7 Å². The SMILES string of the molecule is CCOC(=O)c1ccc(NC(=O)C2CCN(S(=O)(=O)c3c(C)noc3/C=C/c3ccc(C)cc3)CC2)cc1. The summed E-state index contributed by atoms with van der Waals surface area (Å²) < 4.78 is 38.7. The Morgan fingerprint density at radius 2 is 1.71 bits per heavy atom. The van der Waals surface area contributed by atoms with Crippen LogP contribution in [0.4, 0.5) is 5.69 Å². The fourth-order valence-electron chi connectivity index (χ4n) is 4.28. The van der Waals surface area contributed by atoms with Gasteiger partial charge in [-0.2, -0.15) is 4.31 Å². The summed E-state index contributed by atoms with van der Waals surface area (Å²) in [4.78, 5) is 24.7. The Hall–Kier alpha value is -3.76. The summed E-state index contributed by atoms with van der Waals surface area (Å²) >= 11 is 0. The molecule has 1 fully saturated rings. The van der Waals surface area contributed by atoms with Crippen molar-refractivity contribution in [2.45, 2.75) is 38.5 Å². The van der Waals surface area contributed by atoms with Gasteiger partial charge in [-0.05, 0) is 69.5 Å². The Morgan fingerprint density at radius 3 is 2.34 bits per heavy atom. The number of carbonyl (C=O) groups is 2. The molecule has 1 amide bonds. The lowest BCUT2D eigenvalue weighted by Gasteiger charge is -2.30. The van der Waals surface area contributed by atoms with Gasteiger partial charge in [-0.3, -0.25) is 4.79 Å². The zero-order chi connectivity index (χ0) is 27.3. The molecule has 1 aliphatic rings. The first-order valence-electron chi connectivity index (χ1n) is 12.5. The van der Waals surface area contributed by atoms with E-state index >= 15 is 0 Å². The molecule has 2 aromatic carbocycles. The van der Waals surface area contributed by atoms with Gasteiger partial charge in [0.15, 0.2) is 10.7 Å². The fraction of sp³-hybridized carbons (Fsp3) is 0.321. The number of esters is 1. The number of anilines is 1. The summed E-state index contributed by atoms with van der Waals surface area (Å²) in [6.45, 7) is 6.02. The fourth-order valence-corrected chi connectivity index (χ4v) is 6.00. The van der Waals surface area contributed by atoms with E-state index in [9.17, 15) is 18.0 Å². The van der Waals surface area contributed by atoms with Crippen molar-refractivity contribution in [3.8, 4) is 0 Å². The first-order valence-corrected chi connectivity index (χ1v) is 13.9. The molecule has 1 aromatic heterocycles. The summed E-state index contributed by atoms with van der Waals surface area (Å²) in [7, 11) is -3.87. The molecular weight excluding hydrogens is 506 g/mol. The molecule has 0 spiro atoms. The minimum absolute atomic E-state index is 0.0467. The molecule has 10 heteroatoms. The highest BCUT2D eigenvalue weighted by atomic mass is 32.2. The Morgan fingerprint density at radius 1 is 1.05 bits per heavy atom. The van der Waals surface area contributed by atoms with E-state index in [4.69, 9.17) is 9.26 Å². The minimum Gasteiger partial charge on any atom is -0.462 e. The minimum atomic E-state index is -3.87.